The molecule has 1 aliphatic heterocycles. The van der Waals surface area contributed by atoms with Gasteiger partial charge in [-0.3, -0.25) is 23.9 Å². The van der Waals surface area contributed by atoms with Gasteiger partial charge in [0.1, 0.15) is 11.4 Å². The highest BCUT2D eigenvalue weighted by Gasteiger charge is 2.68. The Balaban J connectivity index is 2.27. The minimum absolute atomic E-state index is 0.150. The average molecular weight is 394 g/mol. The first-order valence-corrected chi connectivity index (χ1v) is 7.87. The van der Waals surface area contributed by atoms with Crippen LogP contribution in [0.25, 0.3) is 0 Å². The molecule has 1 aromatic carbocycles. The van der Waals surface area contributed by atoms with E-state index in [-0.39, 0.29) is 12.1 Å². The molecule has 1 aromatic heterocycles. The van der Waals surface area contributed by atoms with Crippen molar-refractivity contribution in [1.29, 1.82) is 0 Å². The number of carbonyl (C=O) groups excluding carboxylic acids is 2. The predicted octanol–water partition coefficient (Wildman–Crippen LogP) is 0.862. The highest BCUT2D eigenvalue weighted by atomic mass is 19.4. The van der Waals surface area contributed by atoms with Crippen molar-refractivity contribution in [1.82, 2.24) is 14.9 Å². The maximum Gasteiger partial charge on any atom is 0.425 e. The van der Waals surface area contributed by atoms with Gasteiger partial charge in [0, 0.05) is 12.1 Å². The quantitative estimate of drug-likeness (QED) is 0.668. The van der Waals surface area contributed by atoms with Crippen molar-refractivity contribution < 1.29 is 22.8 Å². The number of nitrogens with zero attached hydrogens (tertiary/aromatic N) is 1. The molecule has 0 spiro atoms. The summed E-state index contributed by atoms with van der Waals surface area (Å²) in [6.45, 7) is 3.10. The lowest BCUT2D eigenvalue weighted by Crippen LogP contribution is -2.62. The molecule has 0 saturated carbocycles. The van der Waals surface area contributed by atoms with Crippen LogP contribution in [0.1, 0.15) is 15.9 Å². The van der Waals surface area contributed by atoms with Crippen molar-refractivity contribution in [2.24, 2.45) is 0 Å². The van der Waals surface area contributed by atoms with Crippen LogP contribution in [-0.2, 0) is 16.9 Å². The van der Waals surface area contributed by atoms with Gasteiger partial charge >= 0.3 is 11.9 Å². The van der Waals surface area contributed by atoms with Crippen molar-refractivity contribution in [3.8, 4) is 0 Å². The summed E-state index contributed by atoms with van der Waals surface area (Å²) in [6.07, 6.45) is -4.18. The molecule has 28 heavy (non-hydrogen) atoms. The van der Waals surface area contributed by atoms with Crippen LogP contribution in [0.3, 0.4) is 0 Å². The van der Waals surface area contributed by atoms with E-state index in [0.717, 1.165) is 0 Å². The second kappa shape index (κ2) is 6.51. The van der Waals surface area contributed by atoms with Crippen LogP contribution in [0, 0.1) is 0 Å². The number of alkyl halides is 3. The first-order valence-electron chi connectivity index (χ1n) is 7.87. The Morgan fingerprint density at radius 1 is 1.21 bits per heavy atom. The van der Waals surface area contributed by atoms with E-state index in [9.17, 15) is 32.3 Å². The number of nitrogens with one attached hydrogen (secondary N) is 3. The van der Waals surface area contributed by atoms with Crippen LogP contribution >= 0.6 is 0 Å². The van der Waals surface area contributed by atoms with Gasteiger partial charge in [0.05, 0.1) is 0 Å². The molecule has 0 unspecified atom stereocenters. The van der Waals surface area contributed by atoms with Gasteiger partial charge in [-0.05, 0) is 12.1 Å². The molecule has 2 heterocycles. The van der Waals surface area contributed by atoms with E-state index >= 15 is 0 Å². The highest BCUT2D eigenvalue weighted by molar-refractivity contribution is 6.09. The minimum Gasteiger partial charge on any atom is -0.326 e. The number of aromatic nitrogens is 2. The van der Waals surface area contributed by atoms with E-state index in [0.29, 0.717) is 4.57 Å². The third-order valence-corrected chi connectivity index (χ3v) is 4.22. The van der Waals surface area contributed by atoms with E-state index in [4.69, 9.17) is 0 Å². The molecular weight excluding hydrogens is 381 g/mol. The number of carbonyl (C=O) groups is 2. The van der Waals surface area contributed by atoms with E-state index in [2.05, 4.69) is 6.58 Å². The van der Waals surface area contributed by atoms with Crippen LogP contribution in [-0.4, -0.2) is 27.5 Å². The zero-order valence-electron chi connectivity index (χ0n) is 14.1. The summed E-state index contributed by atoms with van der Waals surface area (Å²) in [5.41, 5.74) is -7.40. The number of fused-ring (bicyclic) bond motifs is 1. The van der Waals surface area contributed by atoms with E-state index < -0.39 is 46.2 Å². The molecule has 0 fully saturated rings. The molecule has 146 valence electrons. The SMILES string of the molecule is C=CCn1c2c(c(=O)[nH]c1=O)[C@](NC(=O)c1ccccc1)(C(F)(F)F)C(=O)N2. The molecule has 8 nitrogen and oxygen atoms in total. The molecule has 0 bridgehead atoms. The van der Waals surface area contributed by atoms with E-state index in [1.807, 2.05) is 5.32 Å². The molecule has 0 aliphatic carbocycles. The standard InChI is InChI=1S/C17H13F3N4O4/c1-2-8-24-11-10(13(26)22-15(24)28)16(14(27)21-11,17(18,19)20)23-12(25)9-6-4-3-5-7-9/h2-7H,1,8H2,(H,21,27)(H,23,25)(H,22,26,28)/t16-/m1/s1. The maximum atomic E-state index is 14.1. The monoisotopic (exact) mass is 394 g/mol. The summed E-state index contributed by atoms with van der Waals surface area (Å²) < 4.78 is 43.0. The zero-order chi connectivity index (χ0) is 20.7. The molecule has 2 aromatic rings. The summed E-state index contributed by atoms with van der Waals surface area (Å²) >= 11 is 0. The van der Waals surface area contributed by atoms with Crippen molar-refractivity contribution in [3.05, 3.63) is 75.0 Å². The summed E-state index contributed by atoms with van der Waals surface area (Å²) in [6, 6.07) is 6.89. The second-order valence-electron chi connectivity index (χ2n) is 5.90. The number of amides is 2. The Morgan fingerprint density at radius 3 is 2.43 bits per heavy atom. The number of aromatic amines is 1. The fourth-order valence-corrected chi connectivity index (χ4v) is 2.96. The van der Waals surface area contributed by atoms with Gasteiger partial charge in [-0.25, -0.2) is 4.79 Å². The lowest BCUT2D eigenvalue weighted by Gasteiger charge is -2.30. The van der Waals surface area contributed by atoms with Gasteiger partial charge in [0.15, 0.2) is 0 Å². The number of allylic oxidation sites excluding steroid dienone is 1. The second-order valence-corrected chi connectivity index (χ2v) is 5.90. The van der Waals surface area contributed by atoms with Gasteiger partial charge in [-0.2, -0.15) is 13.2 Å². The Kier molecular flexibility index (Phi) is 4.45. The normalized spacial score (nSPS) is 18.3. The Hall–Kier alpha value is -3.63. The highest BCUT2D eigenvalue weighted by Crippen LogP contribution is 2.45. The number of benzene rings is 1. The number of anilines is 1. The Bertz CT molecular complexity index is 1090. The van der Waals surface area contributed by atoms with Crippen LogP contribution in [0.2, 0.25) is 0 Å². The number of hydrogen-bond acceptors (Lipinski definition) is 4. The molecule has 0 radical (unpaired) electrons. The van der Waals surface area contributed by atoms with Gasteiger partial charge in [0.2, 0.25) is 0 Å². The van der Waals surface area contributed by atoms with Gasteiger partial charge in [-0.15, -0.1) is 6.58 Å². The van der Waals surface area contributed by atoms with Crippen LogP contribution in [0.5, 0.6) is 0 Å². The topological polar surface area (TPSA) is 113 Å². The molecule has 0 saturated heterocycles. The third-order valence-electron chi connectivity index (χ3n) is 4.22. The van der Waals surface area contributed by atoms with Crippen molar-refractivity contribution in [3.63, 3.8) is 0 Å². The average Bonchev–Trinajstić information content (AvgIpc) is 2.93. The molecular formula is C17H13F3N4O4. The van der Waals surface area contributed by atoms with Gasteiger partial charge < -0.3 is 10.6 Å². The molecule has 1 atom stereocenters. The number of hydrogen-bond donors (Lipinski definition) is 3. The summed E-state index contributed by atoms with van der Waals surface area (Å²) in [7, 11) is 0. The molecule has 3 rings (SSSR count). The van der Waals surface area contributed by atoms with Crippen LogP contribution < -0.4 is 21.9 Å². The van der Waals surface area contributed by atoms with Gasteiger partial charge in [0.25, 0.3) is 22.9 Å². The lowest BCUT2D eigenvalue weighted by molar-refractivity contribution is -0.196. The van der Waals surface area contributed by atoms with Crippen LogP contribution in [0.4, 0.5) is 19.0 Å². The summed E-state index contributed by atoms with van der Waals surface area (Å²) in [5.74, 6) is -3.57. The molecule has 2 amide bonds. The maximum absolute atomic E-state index is 14.1. The van der Waals surface area contributed by atoms with Crippen molar-refractivity contribution >= 4 is 17.6 Å². The molecule has 3 N–H and O–H groups in total. The zero-order valence-corrected chi connectivity index (χ0v) is 14.1. The van der Waals surface area contributed by atoms with Crippen LogP contribution in [0.15, 0.2) is 52.6 Å². The van der Waals surface area contributed by atoms with Gasteiger partial charge in [-0.1, -0.05) is 24.3 Å². The lowest BCUT2D eigenvalue weighted by atomic mass is 9.91. The minimum atomic E-state index is -5.38. The number of halogens is 3. The molecule has 1 aliphatic rings. The fourth-order valence-electron chi connectivity index (χ4n) is 2.96. The van der Waals surface area contributed by atoms with Crippen molar-refractivity contribution in [2.45, 2.75) is 18.3 Å². The smallest absolute Gasteiger partial charge is 0.326 e. The predicted molar refractivity (Wildman–Crippen MR) is 91.8 cm³/mol. The Labute approximate surface area is 154 Å². The Morgan fingerprint density at radius 2 is 1.86 bits per heavy atom. The third kappa shape index (κ3) is 2.71. The molecule has 11 heteroatoms. The fraction of sp³-hybridized carbons (Fsp3) is 0.176. The summed E-state index contributed by atoms with van der Waals surface area (Å²) in [5, 5.41) is 3.56. The number of H-pyrrole nitrogens is 1. The van der Waals surface area contributed by atoms with E-state index in [1.165, 1.54) is 30.3 Å². The summed E-state index contributed by atoms with van der Waals surface area (Å²) in [4.78, 5) is 50.8. The first-order chi connectivity index (χ1) is 13.1. The largest absolute Gasteiger partial charge is 0.425 e. The van der Waals surface area contributed by atoms with Crippen molar-refractivity contribution in [2.75, 3.05) is 5.32 Å². The van der Waals surface area contributed by atoms with E-state index in [1.54, 1.807) is 16.4 Å². The number of rotatable bonds is 4. The first kappa shape index (κ1) is 19.1.